The van der Waals surface area contributed by atoms with E-state index in [0.717, 1.165) is 0 Å². The summed E-state index contributed by atoms with van der Waals surface area (Å²) in [5, 5.41) is 2.68. The zero-order valence-corrected chi connectivity index (χ0v) is 10.6. The molecule has 1 amide bonds. The van der Waals surface area contributed by atoms with Gasteiger partial charge in [0.15, 0.2) is 0 Å². The van der Waals surface area contributed by atoms with Gasteiger partial charge in [-0.25, -0.2) is 10.8 Å². The molecule has 0 saturated heterocycles. The fraction of sp³-hybridized carbons (Fsp3) is 0.400. The lowest BCUT2D eigenvalue weighted by Crippen LogP contribution is -2.27. The van der Waals surface area contributed by atoms with Gasteiger partial charge in [-0.2, -0.15) is 0 Å². The number of hydrogen-bond acceptors (Lipinski definition) is 5. The van der Waals surface area contributed by atoms with Crippen molar-refractivity contribution >= 4 is 22.5 Å². The predicted octanol–water partition coefficient (Wildman–Crippen LogP) is -0.216. The zero-order valence-electron chi connectivity index (χ0n) is 9.82. The molecule has 0 aliphatic carbocycles. The molecule has 1 unspecified atom stereocenters. The monoisotopic (exact) mass is 256 g/mol. The van der Waals surface area contributed by atoms with Gasteiger partial charge in [-0.3, -0.25) is 9.00 Å². The van der Waals surface area contributed by atoms with Gasteiger partial charge in [0.05, 0.1) is 0 Å². The topological polar surface area (TPSA) is 97.1 Å². The van der Waals surface area contributed by atoms with Crippen molar-refractivity contribution in [1.82, 2.24) is 10.3 Å². The number of nitrogens with zero attached hydrogens (tertiary/aromatic N) is 1. The number of hydrazine groups is 1. The molecule has 0 radical (unpaired) electrons. The average Bonchev–Trinajstić information content (AvgIpc) is 2.27. The summed E-state index contributed by atoms with van der Waals surface area (Å²) in [4.78, 5) is 15.8. The number of pyridine rings is 1. The Bertz CT molecular complexity index is 436. The van der Waals surface area contributed by atoms with Gasteiger partial charge in [-0.1, -0.05) is 0 Å². The highest BCUT2D eigenvalue weighted by Crippen LogP contribution is 2.08. The zero-order chi connectivity index (χ0) is 12.8. The Morgan fingerprint density at radius 2 is 2.24 bits per heavy atom. The van der Waals surface area contributed by atoms with E-state index in [2.05, 4.69) is 15.7 Å². The fourth-order valence-corrected chi connectivity index (χ4v) is 1.67. The maximum absolute atomic E-state index is 11.7. The van der Waals surface area contributed by atoms with Gasteiger partial charge in [0.25, 0.3) is 5.91 Å². The highest BCUT2D eigenvalue weighted by Gasteiger charge is 2.07. The van der Waals surface area contributed by atoms with Crippen molar-refractivity contribution in [1.29, 1.82) is 0 Å². The molecule has 1 aromatic rings. The molecule has 0 bridgehead atoms. The number of carbonyl (C=O) groups is 1. The number of carbonyl (C=O) groups excluding carboxylic acids is 1. The minimum Gasteiger partial charge on any atom is -0.351 e. The molecule has 6 nitrogen and oxygen atoms in total. The Kier molecular flexibility index (Phi) is 5.05. The van der Waals surface area contributed by atoms with E-state index in [1.54, 1.807) is 25.3 Å². The molecular formula is C10H16N4O2S. The largest absolute Gasteiger partial charge is 0.351 e. The van der Waals surface area contributed by atoms with Crippen LogP contribution in [0.4, 0.5) is 5.82 Å². The van der Waals surface area contributed by atoms with Crippen molar-refractivity contribution in [3.63, 3.8) is 0 Å². The van der Waals surface area contributed by atoms with Gasteiger partial charge < -0.3 is 10.7 Å². The smallest absolute Gasteiger partial charge is 0.251 e. The Hall–Kier alpha value is -1.47. The first kappa shape index (κ1) is 13.6. The van der Waals surface area contributed by atoms with Gasteiger partial charge in [0.1, 0.15) is 5.82 Å². The van der Waals surface area contributed by atoms with Crippen molar-refractivity contribution < 1.29 is 9.00 Å². The van der Waals surface area contributed by atoms with Crippen LogP contribution in [0.15, 0.2) is 12.1 Å². The van der Waals surface area contributed by atoms with Crippen molar-refractivity contribution in [2.75, 3.05) is 24.0 Å². The third-order valence-corrected chi connectivity index (χ3v) is 2.82. The van der Waals surface area contributed by atoms with E-state index in [-0.39, 0.29) is 5.91 Å². The lowest BCUT2D eigenvalue weighted by Gasteiger charge is -2.07. The Morgan fingerprint density at radius 1 is 1.53 bits per heavy atom. The van der Waals surface area contributed by atoms with Crippen molar-refractivity contribution in [3.05, 3.63) is 23.4 Å². The lowest BCUT2D eigenvalue weighted by atomic mass is 10.2. The highest BCUT2D eigenvalue weighted by atomic mass is 32.2. The Morgan fingerprint density at radius 3 is 2.82 bits per heavy atom. The molecular weight excluding hydrogens is 240 g/mol. The van der Waals surface area contributed by atoms with Crippen LogP contribution in [0, 0.1) is 6.92 Å². The third kappa shape index (κ3) is 4.49. The molecule has 0 aliphatic heterocycles. The summed E-state index contributed by atoms with van der Waals surface area (Å²) in [5.41, 5.74) is 3.58. The van der Waals surface area contributed by atoms with Crippen molar-refractivity contribution in [2.24, 2.45) is 5.84 Å². The fourth-order valence-electron chi connectivity index (χ4n) is 1.28. The van der Waals surface area contributed by atoms with E-state index in [1.807, 2.05) is 0 Å². The van der Waals surface area contributed by atoms with Gasteiger partial charge in [-0.15, -0.1) is 0 Å². The molecule has 4 N–H and O–H groups in total. The number of aryl methyl sites for hydroxylation is 1. The number of nitrogen functional groups attached to an aromatic ring is 1. The number of aromatic nitrogens is 1. The number of nitrogens with two attached hydrogens (primary N) is 1. The summed E-state index contributed by atoms with van der Waals surface area (Å²) in [6.45, 7) is 2.16. The molecule has 1 rings (SSSR count). The number of rotatable bonds is 5. The molecule has 0 aliphatic rings. The molecule has 0 saturated carbocycles. The number of amides is 1. The van der Waals surface area contributed by atoms with E-state index >= 15 is 0 Å². The van der Waals surface area contributed by atoms with Gasteiger partial charge in [0, 0.05) is 40.6 Å². The van der Waals surface area contributed by atoms with Crippen molar-refractivity contribution in [3.8, 4) is 0 Å². The van der Waals surface area contributed by atoms with Crippen LogP contribution >= 0.6 is 0 Å². The second kappa shape index (κ2) is 6.31. The summed E-state index contributed by atoms with van der Waals surface area (Å²) in [6, 6.07) is 3.23. The highest BCUT2D eigenvalue weighted by molar-refractivity contribution is 7.84. The molecule has 0 fully saturated rings. The summed E-state index contributed by atoms with van der Waals surface area (Å²) < 4.78 is 10.8. The summed E-state index contributed by atoms with van der Waals surface area (Å²) in [6.07, 6.45) is 1.60. The van der Waals surface area contributed by atoms with Gasteiger partial charge in [0.2, 0.25) is 0 Å². The van der Waals surface area contributed by atoms with Crippen LogP contribution < -0.4 is 16.6 Å². The molecule has 7 heteroatoms. The molecule has 1 aromatic heterocycles. The number of anilines is 1. The Balaban J connectivity index is 2.68. The van der Waals surface area contributed by atoms with Crippen LogP contribution in [-0.2, 0) is 10.8 Å². The second-order valence-corrected chi connectivity index (χ2v) is 5.11. The minimum atomic E-state index is -0.908. The van der Waals surface area contributed by atoms with Crippen LogP contribution in [0.1, 0.15) is 16.1 Å². The normalized spacial score (nSPS) is 11.9. The third-order valence-electron chi connectivity index (χ3n) is 2.04. The standard InChI is InChI=1S/C10H16N4O2S/c1-7-5-8(6-9(13-7)14-11)10(15)12-3-4-17(2)16/h5-6H,3-4,11H2,1-2H3,(H,12,15)(H,13,14). The lowest BCUT2D eigenvalue weighted by molar-refractivity contribution is 0.0956. The second-order valence-electron chi connectivity index (χ2n) is 3.56. The maximum atomic E-state index is 11.7. The number of hydrogen-bond donors (Lipinski definition) is 3. The van der Waals surface area contributed by atoms with Gasteiger partial charge in [-0.05, 0) is 19.1 Å². The summed E-state index contributed by atoms with van der Waals surface area (Å²) >= 11 is 0. The van der Waals surface area contributed by atoms with Crippen LogP contribution in [0.5, 0.6) is 0 Å². The minimum absolute atomic E-state index is 0.225. The first-order valence-electron chi connectivity index (χ1n) is 5.06. The number of nitrogens with one attached hydrogen (secondary N) is 2. The quantitative estimate of drug-likeness (QED) is 0.500. The molecule has 1 heterocycles. The van der Waals surface area contributed by atoms with E-state index in [0.29, 0.717) is 29.4 Å². The summed E-state index contributed by atoms with van der Waals surface area (Å²) in [7, 11) is -0.908. The van der Waals surface area contributed by atoms with Crippen molar-refractivity contribution in [2.45, 2.75) is 6.92 Å². The molecule has 94 valence electrons. The first-order chi connectivity index (χ1) is 8.02. The SMILES string of the molecule is Cc1cc(C(=O)NCCS(C)=O)cc(NN)n1. The van der Waals surface area contributed by atoms with E-state index in [1.165, 1.54) is 0 Å². The van der Waals surface area contributed by atoms with Crippen LogP contribution in [-0.4, -0.2) is 33.7 Å². The molecule has 1 atom stereocenters. The Labute approximate surface area is 102 Å². The van der Waals surface area contributed by atoms with Crippen LogP contribution in [0.3, 0.4) is 0 Å². The molecule has 0 spiro atoms. The molecule has 17 heavy (non-hydrogen) atoms. The van der Waals surface area contributed by atoms with E-state index in [4.69, 9.17) is 5.84 Å². The van der Waals surface area contributed by atoms with Crippen LogP contribution in [0.2, 0.25) is 0 Å². The summed E-state index contributed by atoms with van der Waals surface area (Å²) in [5.74, 6) is 5.90. The first-order valence-corrected chi connectivity index (χ1v) is 6.79. The molecule has 0 aromatic carbocycles. The van der Waals surface area contributed by atoms with Crippen LogP contribution in [0.25, 0.3) is 0 Å². The predicted molar refractivity (Wildman–Crippen MR) is 68.1 cm³/mol. The maximum Gasteiger partial charge on any atom is 0.251 e. The van der Waals surface area contributed by atoms with E-state index < -0.39 is 10.8 Å². The average molecular weight is 256 g/mol. The van der Waals surface area contributed by atoms with E-state index in [9.17, 15) is 9.00 Å². The van der Waals surface area contributed by atoms with Gasteiger partial charge >= 0.3 is 0 Å².